The molecule has 0 aromatic heterocycles. The van der Waals surface area contributed by atoms with E-state index in [0.717, 1.165) is 11.3 Å². The fourth-order valence-corrected chi connectivity index (χ4v) is 0.891. The minimum Gasteiger partial charge on any atom is -0.491 e. The van der Waals surface area contributed by atoms with Crippen molar-refractivity contribution in [2.45, 2.75) is 20.0 Å². The molecule has 59 valence electrons. The van der Waals surface area contributed by atoms with Gasteiger partial charge in [-0.2, -0.15) is 0 Å². The average Bonchev–Trinajstić information content (AvgIpc) is 1.85. The quantitative estimate of drug-likeness (QED) is 0.628. The Kier molecular flexibility index (Phi) is 2.53. The van der Waals surface area contributed by atoms with Crippen LogP contribution in [0.4, 0.5) is 0 Å². The molecular weight excluding hydrogens is 136 g/mol. The predicted molar refractivity (Wildman–Crippen MR) is 46.7 cm³/mol. The molecule has 0 N–H and O–H groups in total. The number of hydrogen-bond acceptors (Lipinski definition) is 1. The Bertz CT molecular complexity index is 228. The highest BCUT2D eigenvalue weighted by Gasteiger charge is 1.95. The molecule has 1 nitrogen and oxygen atoms in total. The minimum absolute atomic E-state index is 0.233. The lowest BCUT2D eigenvalue weighted by molar-refractivity contribution is 0.242. The molecule has 1 heteroatoms. The summed E-state index contributed by atoms with van der Waals surface area (Å²) in [7, 11) is 0. The summed E-state index contributed by atoms with van der Waals surface area (Å²) in [5.41, 5.74) is 0.989. The first-order chi connectivity index (χ1) is 5.18. The second kappa shape index (κ2) is 3.42. The molecule has 0 bridgehead atoms. The van der Waals surface area contributed by atoms with Crippen molar-refractivity contribution in [1.29, 1.82) is 0 Å². The first-order valence-electron chi connectivity index (χ1n) is 3.77. The summed E-state index contributed by atoms with van der Waals surface area (Å²) >= 11 is 0. The molecular formula is C10H13O. The van der Waals surface area contributed by atoms with Crippen LogP contribution in [0, 0.1) is 6.92 Å². The van der Waals surface area contributed by atoms with Crippen LogP contribution in [0.25, 0.3) is 0 Å². The van der Waals surface area contributed by atoms with Gasteiger partial charge in [0.15, 0.2) is 0 Å². The summed E-state index contributed by atoms with van der Waals surface area (Å²) in [6.45, 7) is 7.83. The zero-order valence-electron chi connectivity index (χ0n) is 7.00. The van der Waals surface area contributed by atoms with E-state index in [9.17, 15) is 0 Å². The third kappa shape index (κ3) is 2.62. The van der Waals surface area contributed by atoms with Gasteiger partial charge in [0.05, 0.1) is 6.10 Å². The Balaban J connectivity index is 2.71. The lowest BCUT2D eigenvalue weighted by Crippen LogP contribution is -2.05. The van der Waals surface area contributed by atoms with Crippen LogP contribution in [0.15, 0.2) is 24.3 Å². The van der Waals surface area contributed by atoms with Crippen molar-refractivity contribution >= 4 is 0 Å². The molecule has 1 radical (unpaired) electrons. The predicted octanol–water partition coefficient (Wildman–Crippen LogP) is 2.66. The molecule has 0 unspecified atom stereocenters. The van der Waals surface area contributed by atoms with Crippen LogP contribution >= 0.6 is 0 Å². The van der Waals surface area contributed by atoms with Gasteiger partial charge in [0.2, 0.25) is 0 Å². The zero-order chi connectivity index (χ0) is 8.27. The van der Waals surface area contributed by atoms with Gasteiger partial charge in [0.1, 0.15) is 5.75 Å². The minimum atomic E-state index is 0.233. The molecule has 0 amide bonds. The van der Waals surface area contributed by atoms with E-state index < -0.39 is 0 Å². The van der Waals surface area contributed by atoms with Crippen molar-refractivity contribution in [2.24, 2.45) is 0 Å². The molecule has 0 aliphatic carbocycles. The van der Waals surface area contributed by atoms with Crippen LogP contribution in [0.2, 0.25) is 0 Å². The molecule has 0 atom stereocenters. The molecule has 0 heterocycles. The van der Waals surface area contributed by atoms with Crippen molar-refractivity contribution in [3.8, 4) is 5.75 Å². The smallest absolute Gasteiger partial charge is 0.119 e. The number of ether oxygens (including phenoxy) is 1. The number of benzene rings is 1. The topological polar surface area (TPSA) is 9.23 Å². The lowest BCUT2D eigenvalue weighted by Gasteiger charge is -2.09. The van der Waals surface area contributed by atoms with E-state index in [1.54, 1.807) is 0 Å². The number of rotatable bonds is 2. The summed E-state index contributed by atoms with van der Waals surface area (Å²) < 4.78 is 5.46. The van der Waals surface area contributed by atoms with Gasteiger partial charge in [-0.05, 0) is 38.5 Å². The van der Waals surface area contributed by atoms with E-state index in [4.69, 9.17) is 4.74 Å². The normalized spacial score (nSPS) is 10.2. The third-order valence-electron chi connectivity index (χ3n) is 1.27. The average molecular weight is 149 g/mol. The Hall–Kier alpha value is -0.980. The Morgan fingerprint density at radius 2 is 2.09 bits per heavy atom. The zero-order valence-corrected chi connectivity index (χ0v) is 7.00. The van der Waals surface area contributed by atoms with Gasteiger partial charge in [0, 0.05) is 0 Å². The maximum atomic E-state index is 5.46. The van der Waals surface area contributed by atoms with Crippen molar-refractivity contribution in [1.82, 2.24) is 0 Å². The van der Waals surface area contributed by atoms with Gasteiger partial charge in [0.25, 0.3) is 0 Å². The molecule has 0 saturated heterocycles. The van der Waals surface area contributed by atoms with Crippen LogP contribution in [0.5, 0.6) is 5.75 Å². The summed E-state index contributed by atoms with van der Waals surface area (Å²) in [6.07, 6.45) is 0.233. The second-order valence-corrected chi connectivity index (χ2v) is 2.81. The SMILES string of the molecule is [CH2]c1cccc(OC(C)C)c1. The van der Waals surface area contributed by atoms with Gasteiger partial charge < -0.3 is 4.74 Å². The fraction of sp³-hybridized carbons (Fsp3) is 0.300. The standard InChI is InChI=1S/C10H13O/c1-8(2)11-10-6-4-5-9(3)7-10/h4-8H,3H2,1-2H3. The first-order valence-corrected chi connectivity index (χ1v) is 3.77. The molecule has 0 aliphatic rings. The Morgan fingerprint density at radius 3 is 2.64 bits per heavy atom. The highest BCUT2D eigenvalue weighted by Crippen LogP contribution is 2.13. The monoisotopic (exact) mass is 149 g/mol. The van der Waals surface area contributed by atoms with Crippen LogP contribution in [-0.4, -0.2) is 6.10 Å². The molecule has 0 fully saturated rings. The van der Waals surface area contributed by atoms with Crippen LogP contribution < -0.4 is 4.74 Å². The van der Waals surface area contributed by atoms with Gasteiger partial charge in [-0.25, -0.2) is 0 Å². The second-order valence-electron chi connectivity index (χ2n) is 2.81. The van der Waals surface area contributed by atoms with Gasteiger partial charge in [-0.15, -0.1) is 0 Å². The van der Waals surface area contributed by atoms with Crippen LogP contribution in [0.1, 0.15) is 19.4 Å². The van der Waals surface area contributed by atoms with E-state index in [1.807, 2.05) is 38.1 Å². The maximum absolute atomic E-state index is 5.46. The Labute approximate surface area is 68.0 Å². The van der Waals surface area contributed by atoms with Crippen molar-refractivity contribution in [2.75, 3.05) is 0 Å². The van der Waals surface area contributed by atoms with Crippen LogP contribution in [-0.2, 0) is 0 Å². The number of hydrogen-bond donors (Lipinski definition) is 0. The molecule has 0 spiro atoms. The van der Waals surface area contributed by atoms with Gasteiger partial charge in [-0.1, -0.05) is 12.1 Å². The van der Waals surface area contributed by atoms with E-state index in [-0.39, 0.29) is 6.10 Å². The molecule has 11 heavy (non-hydrogen) atoms. The summed E-state index contributed by atoms with van der Waals surface area (Å²) in [5, 5.41) is 0. The lowest BCUT2D eigenvalue weighted by atomic mass is 10.2. The Morgan fingerprint density at radius 1 is 1.36 bits per heavy atom. The summed E-state index contributed by atoms with van der Waals surface area (Å²) in [4.78, 5) is 0. The molecule has 1 aromatic carbocycles. The van der Waals surface area contributed by atoms with E-state index in [2.05, 4.69) is 6.92 Å². The third-order valence-corrected chi connectivity index (χ3v) is 1.27. The summed E-state index contributed by atoms with van der Waals surface area (Å²) in [6, 6.07) is 7.77. The molecule has 0 saturated carbocycles. The maximum Gasteiger partial charge on any atom is 0.119 e. The highest BCUT2D eigenvalue weighted by molar-refractivity contribution is 5.29. The van der Waals surface area contributed by atoms with Crippen molar-refractivity contribution in [3.63, 3.8) is 0 Å². The van der Waals surface area contributed by atoms with E-state index >= 15 is 0 Å². The molecule has 1 aromatic rings. The van der Waals surface area contributed by atoms with E-state index in [1.165, 1.54) is 0 Å². The van der Waals surface area contributed by atoms with Crippen LogP contribution in [0.3, 0.4) is 0 Å². The highest BCUT2D eigenvalue weighted by atomic mass is 16.5. The molecule has 0 aliphatic heterocycles. The van der Waals surface area contributed by atoms with E-state index in [0.29, 0.717) is 0 Å². The fourth-order valence-electron chi connectivity index (χ4n) is 0.891. The van der Waals surface area contributed by atoms with Crippen molar-refractivity contribution < 1.29 is 4.74 Å². The van der Waals surface area contributed by atoms with Gasteiger partial charge in [-0.3, -0.25) is 0 Å². The largest absolute Gasteiger partial charge is 0.491 e. The first kappa shape index (κ1) is 8.12. The summed E-state index contributed by atoms with van der Waals surface area (Å²) in [5.74, 6) is 0.896. The van der Waals surface area contributed by atoms with Gasteiger partial charge >= 0.3 is 0 Å². The van der Waals surface area contributed by atoms with Crippen molar-refractivity contribution in [3.05, 3.63) is 36.8 Å². The molecule has 1 rings (SSSR count).